The number of halogens is 2. The number of carbonyl (C=O) groups excluding carboxylic acids is 1. The average molecular weight is 610 g/mol. The molecule has 13 heteroatoms. The van der Waals surface area contributed by atoms with Crippen molar-refractivity contribution in [3.05, 3.63) is 81.8 Å². The van der Waals surface area contributed by atoms with Crippen LogP contribution in [-0.2, 0) is 16.5 Å². The maximum absolute atomic E-state index is 13.5. The fourth-order valence-electron chi connectivity index (χ4n) is 3.92. The summed E-state index contributed by atoms with van der Waals surface area (Å²) in [6.07, 6.45) is 0.413. The normalized spacial score (nSPS) is 11.4. The van der Waals surface area contributed by atoms with Crippen molar-refractivity contribution in [2.75, 3.05) is 11.9 Å². The number of ether oxygens (including phenoxy) is 1. The molecule has 0 aliphatic carbocycles. The van der Waals surface area contributed by atoms with E-state index in [4.69, 9.17) is 27.9 Å². The van der Waals surface area contributed by atoms with Gasteiger partial charge in [-0.1, -0.05) is 60.1 Å². The summed E-state index contributed by atoms with van der Waals surface area (Å²) in [5, 5.41) is 25.6. The van der Waals surface area contributed by atoms with Crippen molar-refractivity contribution in [3.63, 3.8) is 0 Å². The van der Waals surface area contributed by atoms with Crippen LogP contribution in [0.25, 0.3) is 10.8 Å². The number of azo groups is 1. The molecule has 4 rings (SSSR count). The minimum atomic E-state index is -4.63. The van der Waals surface area contributed by atoms with E-state index in [9.17, 15) is 22.9 Å². The molecule has 0 aliphatic heterocycles. The number of anilines is 1. The molecule has 0 aromatic heterocycles. The van der Waals surface area contributed by atoms with Crippen LogP contribution in [0.5, 0.6) is 11.5 Å². The Morgan fingerprint density at radius 2 is 1.77 bits per heavy atom. The van der Waals surface area contributed by atoms with Crippen LogP contribution in [0.1, 0.15) is 29.8 Å². The molecule has 0 heterocycles. The molecule has 9 nitrogen and oxygen atoms in total. The smallest absolute Gasteiger partial charge is 0.870 e. The number of nitrogens with one attached hydrogen (secondary N) is 1. The average Bonchev–Trinajstić information content (AvgIpc) is 2.87. The minimum absolute atomic E-state index is 0. The van der Waals surface area contributed by atoms with Crippen molar-refractivity contribution in [1.29, 1.82) is 0 Å². The second-order valence-corrected chi connectivity index (χ2v) is 10.6. The van der Waals surface area contributed by atoms with Gasteiger partial charge in [-0.15, -0.1) is 0 Å². The predicted octanol–water partition coefficient (Wildman–Crippen LogP) is 4.10. The van der Waals surface area contributed by atoms with Crippen molar-refractivity contribution in [3.8, 4) is 11.5 Å². The van der Waals surface area contributed by atoms with E-state index in [-0.39, 0.29) is 51.5 Å². The molecule has 0 saturated heterocycles. The van der Waals surface area contributed by atoms with Crippen molar-refractivity contribution in [1.82, 2.24) is 0 Å². The zero-order valence-corrected chi connectivity index (χ0v) is 26.1. The monoisotopic (exact) mass is 609 g/mol. The van der Waals surface area contributed by atoms with Gasteiger partial charge in [-0.25, -0.2) is 0 Å². The van der Waals surface area contributed by atoms with Crippen molar-refractivity contribution >= 4 is 67.1 Å². The van der Waals surface area contributed by atoms with Crippen LogP contribution in [0.4, 0.5) is 17.1 Å². The van der Waals surface area contributed by atoms with Crippen LogP contribution >= 0.6 is 23.2 Å². The standard InChI is InChI=1S/C27H23Cl2N3O6S.Na/c1-3-15-10-22(29)24(39(35,36)37)14-23(15)31-32-25-20-8-6-5-7-16(20)9-21(26(25)33)27(34)30-18-11-17(28)12-19(13-18)38-4-2;/h5-14,33H,3-4H2,1-2H3,(H,30,34)(H,35,36,37);/q;+1/p-1. The van der Waals surface area contributed by atoms with Crippen LogP contribution < -0.4 is 44.7 Å². The molecule has 0 fully saturated rings. The number of benzene rings is 4. The molecule has 0 bridgehead atoms. The summed E-state index contributed by atoms with van der Waals surface area (Å²) in [6.45, 7) is 4.01. The fraction of sp³-hybridized carbons (Fsp3) is 0.148. The van der Waals surface area contributed by atoms with Crippen molar-refractivity contribution < 1.29 is 57.2 Å². The summed E-state index contributed by atoms with van der Waals surface area (Å²) in [5.74, 6) is -0.931. The quantitative estimate of drug-likeness (QED) is 0.175. The van der Waals surface area contributed by atoms with E-state index in [0.717, 1.165) is 6.07 Å². The summed E-state index contributed by atoms with van der Waals surface area (Å²) in [5.41, 5.74) is 0.650. The molecule has 0 aliphatic rings. The molecule has 0 atom stereocenters. The molecule has 0 spiro atoms. The van der Waals surface area contributed by atoms with E-state index in [1.54, 1.807) is 43.3 Å². The summed E-state index contributed by atoms with van der Waals surface area (Å²) in [7, 11) is -4.63. The van der Waals surface area contributed by atoms with E-state index >= 15 is 0 Å². The van der Waals surface area contributed by atoms with Gasteiger partial charge in [-0.3, -0.25) is 9.35 Å². The van der Waals surface area contributed by atoms with E-state index in [0.29, 0.717) is 45.8 Å². The van der Waals surface area contributed by atoms with Gasteiger partial charge in [0.15, 0.2) is 0 Å². The van der Waals surface area contributed by atoms with Crippen LogP contribution in [0, 0.1) is 0 Å². The fourth-order valence-corrected chi connectivity index (χ4v) is 5.19. The topological polar surface area (TPSA) is 140 Å². The van der Waals surface area contributed by atoms with Crippen molar-refractivity contribution in [2.24, 2.45) is 10.2 Å². The Hall–Kier alpha value is -2.70. The van der Waals surface area contributed by atoms with Gasteiger partial charge in [0, 0.05) is 27.7 Å². The summed E-state index contributed by atoms with van der Waals surface area (Å²) >= 11 is 12.2. The second kappa shape index (κ2) is 13.3. The zero-order chi connectivity index (χ0) is 28.3. The summed E-state index contributed by atoms with van der Waals surface area (Å²) < 4.78 is 38.5. The maximum Gasteiger partial charge on any atom is 1.00 e. The van der Waals surface area contributed by atoms with Gasteiger partial charge in [0.25, 0.3) is 16.0 Å². The van der Waals surface area contributed by atoms with Gasteiger partial charge in [-0.05, 0) is 54.6 Å². The molecule has 0 radical (unpaired) electrons. The molecule has 4 aromatic carbocycles. The first-order valence-electron chi connectivity index (χ1n) is 11.7. The van der Waals surface area contributed by atoms with Crippen LogP contribution in [0.2, 0.25) is 10.0 Å². The zero-order valence-electron chi connectivity index (χ0n) is 21.7. The number of rotatable bonds is 8. The molecule has 2 N–H and O–H groups in total. The Morgan fingerprint density at radius 3 is 2.45 bits per heavy atom. The maximum atomic E-state index is 13.5. The molecule has 0 unspecified atom stereocenters. The van der Waals surface area contributed by atoms with Crippen molar-refractivity contribution in [2.45, 2.75) is 25.2 Å². The van der Waals surface area contributed by atoms with E-state index in [1.807, 2.05) is 6.92 Å². The summed E-state index contributed by atoms with van der Waals surface area (Å²) in [4.78, 5) is 12.7. The van der Waals surface area contributed by atoms with Gasteiger partial charge < -0.3 is 15.2 Å². The number of carbonyl (C=O) groups is 1. The van der Waals surface area contributed by atoms with E-state index in [2.05, 4.69) is 15.5 Å². The third-order valence-corrected chi connectivity index (χ3v) is 7.25. The Balaban J connectivity index is 0.00000441. The third-order valence-electron chi connectivity index (χ3n) is 5.71. The van der Waals surface area contributed by atoms with Crippen LogP contribution in [0.3, 0.4) is 0 Å². The Bertz CT molecular complexity index is 1730. The van der Waals surface area contributed by atoms with E-state index in [1.165, 1.54) is 18.2 Å². The summed E-state index contributed by atoms with van der Waals surface area (Å²) in [6, 6.07) is 15.4. The van der Waals surface area contributed by atoms with Gasteiger partial charge in [0.05, 0.1) is 23.0 Å². The number of hydrogen-bond donors (Lipinski definition) is 2. The number of amides is 1. The number of hydrogen-bond acceptors (Lipinski definition) is 7. The number of fused-ring (bicyclic) bond motifs is 1. The largest absolute Gasteiger partial charge is 1.00 e. The minimum Gasteiger partial charge on any atom is -0.870 e. The number of aryl methyl sites for hydroxylation is 1. The van der Waals surface area contributed by atoms with Gasteiger partial charge >= 0.3 is 29.6 Å². The first kappa shape index (κ1) is 31.8. The SMILES string of the molecule is CCOc1cc(Cl)cc(NC(=O)c2cc3ccccc3c(N=Nc3cc(S(=O)(=O)O)c(Cl)cc3CC)c2[O-])c1.[Na+]. The van der Waals surface area contributed by atoms with E-state index < -0.39 is 26.7 Å². The van der Waals surface area contributed by atoms with Gasteiger partial charge in [-0.2, -0.15) is 18.6 Å². The third kappa shape index (κ3) is 7.13. The molecule has 202 valence electrons. The van der Waals surface area contributed by atoms with Crippen LogP contribution in [0.15, 0.2) is 75.8 Å². The Labute approximate surface area is 263 Å². The molecule has 4 aromatic rings. The molecular weight excluding hydrogens is 588 g/mol. The number of nitrogens with zero attached hydrogens (tertiary/aromatic N) is 2. The van der Waals surface area contributed by atoms with Crippen LogP contribution in [-0.4, -0.2) is 25.5 Å². The molecule has 1 amide bonds. The second-order valence-electron chi connectivity index (χ2n) is 8.33. The first-order valence-corrected chi connectivity index (χ1v) is 13.9. The first-order chi connectivity index (χ1) is 18.5. The molecule has 40 heavy (non-hydrogen) atoms. The predicted molar refractivity (Wildman–Crippen MR) is 149 cm³/mol. The molecular formula is C27H22Cl2N3NaO6S. The Kier molecular flexibility index (Phi) is 10.6. The van der Waals surface area contributed by atoms with Gasteiger partial charge in [0.1, 0.15) is 10.6 Å². The molecule has 0 saturated carbocycles. The van der Waals surface area contributed by atoms with Gasteiger partial charge in [0.2, 0.25) is 0 Å². The Morgan fingerprint density at radius 1 is 1.05 bits per heavy atom.